The summed E-state index contributed by atoms with van der Waals surface area (Å²) >= 11 is 6.69. The summed E-state index contributed by atoms with van der Waals surface area (Å²) in [6.07, 6.45) is 9.97. The van der Waals surface area contributed by atoms with Gasteiger partial charge in [0.25, 0.3) is 11.8 Å². The Balaban J connectivity index is 0.701. The fourth-order valence-electron chi connectivity index (χ4n) is 11.8. The molecule has 78 heavy (non-hydrogen) atoms. The Morgan fingerprint density at radius 1 is 0.769 bits per heavy atom. The van der Waals surface area contributed by atoms with Crippen molar-refractivity contribution >= 4 is 82.2 Å². The number of halogens is 2. The fourth-order valence-corrected chi connectivity index (χ4v) is 13.1. The zero-order valence-corrected chi connectivity index (χ0v) is 45.8. The molecule has 3 N–H and O–H groups in total. The zero-order chi connectivity index (χ0) is 54.4. The predicted molar refractivity (Wildman–Crippen MR) is 301 cm³/mol. The maximum absolute atomic E-state index is 14.8. The van der Waals surface area contributed by atoms with Crippen molar-refractivity contribution in [3.63, 3.8) is 0 Å². The Morgan fingerprint density at radius 2 is 1.53 bits per heavy atom. The van der Waals surface area contributed by atoms with E-state index in [9.17, 15) is 28.1 Å². The number of nitrogens with zero attached hydrogens (tertiary/aromatic N) is 9. The number of amides is 4. The lowest BCUT2D eigenvalue weighted by Gasteiger charge is -2.44. The van der Waals surface area contributed by atoms with Crippen LogP contribution in [0.4, 0.5) is 38.9 Å². The lowest BCUT2D eigenvalue weighted by atomic mass is 9.92. The van der Waals surface area contributed by atoms with E-state index in [2.05, 4.69) is 57.8 Å². The SMILES string of the molecule is COc1cc(N2CCC(N3CCC(CN4CCN(c5ccc6c(c5)C(=O)N(C5CCC(=O)NC5=O)C6=O)CC4)CC3)CC2)c(-c2cnn(C)c2)cc1Nc1ncc(Cl)c(Nc2ccc(-c3ccccc3F)cc2P(C)(C)=O)n1. The minimum Gasteiger partial charge on any atom is -0.494 e. The maximum Gasteiger partial charge on any atom is 0.262 e. The highest BCUT2D eigenvalue weighted by molar-refractivity contribution is 7.70. The smallest absolute Gasteiger partial charge is 0.262 e. The molecule has 4 amide bonds. The van der Waals surface area contributed by atoms with Crippen LogP contribution in [0.25, 0.3) is 22.3 Å². The van der Waals surface area contributed by atoms with E-state index in [1.54, 1.807) is 73.7 Å². The lowest BCUT2D eigenvalue weighted by molar-refractivity contribution is -0.136. The van der Waals surface area contributed by atoms with E-state index in [-0.39, 0.29) is 29.6 Å². The number of hydrogen-bond donors (Lipinski definition) is 3. The highest BCUT2D eigenvalue weighted by Crippen LogP contribution is 2.44. The molecule has 4 saturated heterocycles. The van der Waals surface area contributed by atoms with Crippen LogP contribution in [0, 0.1) is 11.7 Å². The second-order valence-corrected chi connectivity index (χ2v) is 24.9. The van der Waals surface area contributed by atoms with Crippen molar-refractivity contribution in [3.05, 3.63) is 113 Å². The average molecular weight is 1100 g/mol. The van der Waals surface area contributed by atoms with Gasteiger partial charge < -0.3 is 34.6 Å². The molecule has 5 aliphatic heterocycles. The summed E-state index contributed by atoms with van der Waals surface area (Å²) < 4.78 is 36.3. The van der Waals surface area contributed by atoms with Gasteiger partial charge in [-0.2, -0.15) is 10.1 Å². The number of carbonyl (C=O) groups excluding carboxylic acids is 4. The topological polar surface area (TPSA) is 190 Å². The largest absolute Gasteiger partial charge is 0.494 e. The quantitative estimate of drug-likeness (QED) is 0.0703. The molecule has 0 radical (unpaired) electrons. The summed E-state index contributed by atoms with van der Waals surface area (Å²) in [6, 6.07) is 20.8. The molecular formula is C57H63ClFN12O6P. The third kappa shape index (κ3) is 10.8. The Bertz CT molecular complexity index is 3370. The van der Waals surface area contributed by atoms with Gasteiger partial charge in [0.2, 0.25) is 17.8 Å². The summed E-state index contributed by atoms with van der Waals surface area (Å²) in [6.45, 7) is 11.7. The molecule has 11 rings (SSSR count). The number of benzene rings is 4. The summed E-state index contributed by atoms with van der Waals surface area (Å²) in [5.41, 5.74) is 6.68. The number of aryl methyl sites for hydroxylation is 1. The van der Waals surface area contributed by atoms with Crippen molar-refractivity contribution in [3.8, 4) is 28.0 Å². The predicted octanol–water partition coefficient (Wildman–Crippen LogP) is 7.98. The van der Waals surface area contributed by atoms with Crippen LogP contribution in [0.3, 0.4) is 0 Å². The fraction of sp³-hybridized carbons (Fsp3) is 0.386. The van der Waals surface area contributed by atoms with Gasteiger partial charge in [-0.15, -0.1) is 0 Å². The molecule has 4 fully saturated rings. The summed E-state index contributed by atoms with van der Waals surface area (Å²) in [5, 5.41) is 14.2. The number of imide groups is 2. The molecule has 4 aromatic carbocycles. The Hall–Kier alpha value is -7.18. The van der Waals surface area contributed by atoms with E-state index >= 15 is 0 Å². The standard InChI is InChI=1S/C57H63ClFN12O6P/c1-66-34-37(31-61-66)42-29-47(63-57-60-32-44(58)53(65-57)62-46-12-9-36(27-51(46)78(3,4)76)40-7-5-6-8-45(40)59)50(77-2)30-49(42)70-21-17-38(18-22-70)68-19-15-35(16-20-68)33-67-23-25-69(26-24-67)39-10-11-41-43(28-39)56(75)71(55(41)74)48-13-14-52(72)64-54(48)73/h5-12,27-32,34-35,38,48H,13-26,33H2,1-4H3,(H,64,72,73)(H2,60,62,63,65). The molecule has 0 aliphatic carbocycles. The first-order valence-electron chi connectivity index (χ1n) is 26.6. The second-order valence-electron chi connectivity index (χ2n) is 21.3. The molecule has 406 valence electrons. The number of fused-ring (bicyclic) bond motifs is 1. The van der Waals surface area contributed by atoms with E-state index in [4.69, 9.17) is 21.3 Å². The Kier molecular flexibility index (Phi) is 14.9. The Morgan fingerprint density at radius 3 is 2.23 bits per heavy atom. The number of anilines is 6. The van der Waals surface area contributed by atoms with Crippen LogP contribution < -0.4 is 35.8 Å². The molecule has 0 bridgehead atoms. The average Bonchev–Trinajstić information content (AvgIpc) is 4.07. The number of piperidine rings is 3. The number of ether oxygens (including phenoxy) is 1. The molecule has 0 spiro atoms. The number of nitrogens with one attached hydrogen (secondary N) is 3. The highest BCUT2D eigenvalue weighted by Gasteiger charge is 2.45. The van der Waals surface area contributed by atoms with Crippen LogP contribution >= 0.6 is 18.7 Å². The first-order chi connectivity index (χ1) is 37.6. The summed E-state index contributed by atoms with van der Waals surface area (Å²) in [7, 11) is 0.672. The van der Waals surface area contributed by atoms with Crippen molar-refractivity contribution in [1.29, 1.82) is 0 Å². The first kappa shape index (κ1) is 52.9. The summed E-state index contributed by atoms with van der Waals surface area (Å²) in [5.74, 6) is -0.560. The maximum atomic E-state index is 14.8. The van der Waals surface area contributed by atoms with Crippen molar-refractivity contribution in [2.45, 2.75) is 50.6 Å². The van der Waals surface area contributed by atoms with Crippen LogP contribution in [-0.4, -0.2) is 150 Å². The van der Waals surface area contributed by atoms with E-state index < -0.39 is 36.8 Å². The van der Waals surface area contributed by atoms with Gasteiger partial charge in [0.1, 0.15) is 29.8 Å². The Labute approximate surface area is 457 Å². The zero-order valence-electron chi connectivity index (χ0n) is 44.2. The van der Waals surface area contributed by atoms with Gasteiger partial charge in [-0.05, 0) is 112 Å². The second kappa shape index (κ2) is 21.9. The van der Waals surface area contributed by atoms with Crippen LogP contribution in [0.15, 0.2) is 91.4 Å². The highest BCUT2D eigenvalue weighted by atomic mass is 35.5. The van der Waals surface area contributed by atoms with E-state index in [1.807, 2.05) is 25.5 Å². The number of hydrogen-bond acceptors (Lipinski definition) is 15. The van der Waals surface area contributed by atoms with Crippen molar-refractivity contribution in [1.82, 2.24) is 39.8 Å². The molecule has 5 aliphatic rings. The number of aromatic nitrogens is 4. The van der Waals surface area contributed by atoms with Gasteiger partial charge in [-0.3, -0.25) is 39.0 Å². The number of piperazine rings is 1. The van der Waals surface area contributed by atoms with Crippen LogP contribution in [-0.2, 0) is 21.2 Å². The van der Waals surface area contributed by atoms with E-state index in [0.717, 1.165) is 112 Å². The molecule has 21 heteroatoms. The monoisotopic (exact) mass is 1100 g/mol. The van der Waals surface area contributed by atoms with Gasteiger partial charge in [-0.25, -0.2) is 9.37 Å². The minimum atomic E-state index is -2.88. The van der Waals surface area contributed by atoms with E-state index in [0.29, 0.717) is 62.5 Å². The molecule has 2 aromatic heterocycles. The molecule has 1 atom stereocenters. The molecule has 6 aromatic rings. The third-order valence-corrected chi connectivity index (χ3v) is 17.8. The molecule has 1 unspecified atom stereocenters. The van der Waals surface area contributed by atoms with Crippen LogP contribution in [0.5, 0.6) is 5.75 Å². The van der Waals surface area contributed by atoms with Crippen molar-refractivity contribution < 1.29 is 32.9 Å². The minimum absolute atomic E-state index is 0.0867. The number of rotatable bonds is 14. The molecule has 18 nitrogen and oxygen atoms in total. The van der Waals surface area contributed by atoms with Gasteiger partial charge in [0, 0.05) is 111 Å². The molecular weight excluding hydrogens is 1030 g/mol. The lowest BCUT2D eigenvalue weighted by Crippen LogP contribution is -2.54. The molecule has 7 heterocycles. The van der Waals surface area contributed by atoms with E-state index in [1.165, 1.54) is 12.3 Å². The molecule has 0 saturated carbocycles. The summed E-state index contributed by atoms with van der Waals surface area (Å²) in [4.78, 5) is 71.2. The normalized spacial score (nSPS) is 19.1. The number of likely N-dealkylation sites (tertiary alicyclic amines) is 1. The van der Waals surface area contributed by atoms with Gasteiger partial charge in [0.05, 0.1) is 42.0 Å². The number of methoxy groups -OCH3 is 1. The first-order valence-corrected chi connectivity index (χ1v) is 29.6. The van der Waals surface area contributed by atoms with Crippen molar-refractivity contribution in [2.24, 2.45) is 13.0 Å². The van der Waals surface area contributed by atoms with Crippen LogP contribution in [0.1, 0.15) is 59.2 Å². The van der Waals surface area contributed by atoms with Gasteiger partial charge >= 0.3 is 0 Å². The van der Waals surface area contributed by atoms with Crippen molar-refractivity contribution in [2.75, 3.05) is 99.8 Å². The van der Waals surface area contributed by atoms with Crippen LogP contribution in [0.2, 0.25) is 5.02 Å². The van der Waals surface area contributed by atoms with Gasteiger partial charge in [0.15, 0.2) is 5.82 Å². The number of carbonyl (C=O) groups is 4. The third-order valence-electron chi connectivity index (χ3n) is 16.0. The van der Waals surface area contributed by atoms with Gasteiger partial charge in [-0.1, -0.05) is 35.9 Å².